The molecule has 4 rings (SSSR count). The quantitative estimate of drug-likeness (QED) is 0.138. The largest absolute Gasteiger partial charge is 0.505 e. The molecule has 0 fully saturated rings. The highest BCUT2D eigenvalue weighted by Gasteiger charge is 2.24. The predicted molar refractivity (Wildman–Crippen MR) is 147 cm³/mol. The fourth-order valence-corrected chi connectivity index (χ4v) is 4.33. The van der Waals surface area contributed by atoms with E-state index in [4.69, 9.17) is 5.73 Å². The third kappa shape index (κ3) is 5.82. The number of nitrogen functional groups attached to an aromatic ring is 1. The predicted octanol–water partition coefficient (Wildman–Crippen LogP) is 8.16. The van der Waals surface area contributed by atoms with Crippen molar-refractivity contribution < 1.29 is 18.1 Å². The zero-order valence-corrected chi connectivity index (χ0v) is 22.1. The molecule has 0 aliphatic heterocycles. The minimum atomic E-state index is -4.71. The topological polar surface area (TPSA) is 150 Å². The molecule has 4 aromatic rings. The normalized spacial score (nSPS) is 11.7. The first-order chi connectivity index (χ1) is 17.6. The van der Waals surface area contributed by atoms with Gasteiger partial charge < -0.3 is 10.8 Å². The average Bonchev–Trinajstić information content (AvgIpc) is 2.85. The lowest BCUT2D eigenvalue weighted by atomic mass is 10.0. The number of nitrogens with two attached hydrogens (primary N) is 1. The van der Waals surface area contributed by atoms with Crippen molar-refractivity contribution in [2.24, 2.45) is 20.5 Å². The Hall–Kier alpha value is -4.15. The maximum atomic E-state index is 12.2. The van der Waals surface area contributed by atoms with E-state index in [2.05, 4.69) is 20.5 Å². The Kier molecular flexibility index (Phi) is 8.36. The van der Waals surface area contributed by atoms with Gasteiger partial charge in [-0.2, -0.15) is 18.6 Å². The molecule has 10 heteroatoms. The molecule has 0 spiro atoms. The standard InChI is InChI=1S/C25H23N5O4S.C2H6/c1-14-8-4-6-10-18(14)27-29-23-16(3)12-17-13-20(35(32,33)34)24(22(26)21(17)25(23)31)30-28-19-11-7-5-9-15(19)2;1-2/h4-13,31H,26H2,1-3H3,(H,32,33,34);1-2H3. The number of phenols is 1. The molecular weight excluding hydrogens is 490 g/mol. The first-order valence-corrected chi connectivity index (χ1v) is 13.0. The summed E-state index contributed by atoms with van der Waals surface area (Å²) >= 11 is 0. The van der Waals surface area contributed by atoms with Crippen LogP contribution in [0.4, 0.5) is 28.4 Å². The number of azo groups is 2. The SMILES string of the molecule is CC.Cc1ccccc1N=Nc1c(S(=O)(=O)O)cc2cc(C)c(N=Nc3ccccc3C)c(O)c2c1N. The Morgan fingerprint density at radius 3 is 1.70 bits per heavy atom. The monoisotopic (exact) mass is 519 g/mol. The summed E-state index contributed by atoms with van der Waals surface area (Å²) in [5.41, 5.74) is 9.40. The van der Waals surface area contributed by atoms with Gasteiger partial charge in [-0.3, -0.25) is 4.55 Å². The van der Waals surface area contributed by atoms with Crippen LogP contribution in [-0.2, 0) is 10.1 Å². The van der Waals surface area contributed by atoms with Gasteiger partial charge in [-0.05, 0) is 67.1 Å². The van der Waals surface area contributed by atoms with Gasteiger partial charge in [0, 0.05) is 0 Å². The third-order valence-electron chi connectivity index (χ3n) is 5.56. The number of benzene rings is 4. The summed E-state index contributed by atoms with van der Waals surface area (Å²) in [5.74, 6) is -0.288. The molecule has 0 saturated heterocycles. The zero-order valence-electron chi connectivity index (χ0n) is 21.3. The number of hydrogen-bond acceptors (Lipinski definition) is 8. The Morgan fingerprint density at radius 2 is 1.22 bits per heavy atom. The number of fused-ring (bicyclic) bond motifs is 1. The van der Waals surface area contributed by atoms with Crippen LogP contribution in [-0.4, -0.2) is 18.1 Å². The van der Waals surface area contributed by atoms with Gasteiger partial charge in [-0.15, -0.1) is 10.2 Å². The summed E-state index contributed by atoms with van der Waals surface area (Å²) < 4.78 is 34.2. The smallest absolute Gasteiger partial charge is 0.296 e. The molecule has 0 heterocycles. The van der Waals surface area contributed by atoms with Crippen molar-refractivity contribution in [2.45, 2.75) is 39.5 Å². The van der Waals surface area contributed by atoms with Gasteiger partial charge in [0.25, 0.3) is 10.1 Å². The second-order valence-corrected chi connectivity index (χ2v) is 9.46. The molecule has 9 nitrogen and oxygen atoms in total. The van der Waals surface area contributed by atoms with Crippen LogP contribution in [0.1, 0.15) is 30.5 Å². The van der Waals surface area contributed by atoms with Crippen LogP contribution in [0.15, 0.2) is 86.0 Å². The molecule has 0 bridgehead atoms. The molecule has 0 radical (unpaired) electrons. The number of hydrogen-bond donors (Lipinski definition) is 3. The lowest BCUT2D eigenvalue weighted by molar-refractivity contribution is 0.480. The van der Waals surface area contributed by atoms with Crippen molar-refractivity contribution in [1.82, 2.24) is 0 Å². The van der Waals surface area contributed by atoms with Crippen molar-refractivity contribution in [3.63, 3.8) is 0 Å². The third-order valence-corrected chi connectivity index (χ3v) is 6.43. The van der Waals surface area contributed by atoms with Gasteiger partial charge in [0.05, 0.1) is 22.4 Å². The molecule has 0 unspecified atom stereocenters. The molecule has 0 aliphatic rings. The van der Waals surface area contributed by atoms with Crippen LogP contribution in [0.25, 0.3) is 10.8 Å². The van der Waals surface area contributed by atoms with E-state index >= 15 is 0 Å². The zero-order chi connectivity index (χ0) is 27.3. The number of rotatable bonds is 5. The summed E-state index contributed by atoms with van der Waals surface area (Å²) in [6, 6.07) is 17.3. The van der Waals surface area contributed by atoms with Crippen LogP contribution in [0.5, 0.6) is 5.75 Å². The van der Waals surface area contributed by atoms with Gasteiger partial charge >= 0.3 is 0 Å². The van der Waals surface area contributed by atoms with E-state index in [9.17, 15) is 18.1 Å². The van der Waals surface area contributed by atoms with Crippen LogP contribution in [0, 0.1) is 20.8 Å². The first kappa shape index (κ1) is 27.4. The van der Waals surface area contributed by atoms with E-state index in [1.807, 2.05) is 58.0 Å². The van der Waals surface area contributed by atoms with Gasteiger partial charge in [0.2, 0.25) is 0 Å². The lowest BCUT2D eigenvalue weighted by Crippen LogP contribution is -2.02. The van der Waals surface area contributed by atoms with Crippen molar-refractivity contribution in [2.75, 3.05) is 5.73 Å². The highest BCUT2D eigenvalue weighted by molar-refractivity contribution is 7.86. The second kappa shape index (κ2) is 11.3. The Bertz CT molecular complexity index is 1630. The number of phenolic OH excluding ortho intramolecular Hbond substituents is 1. The number of nitrogens with zero attached hydrogens (tertiary/aromatic N) is 4. The second-order valence-electron chi connectivity index (χ2n) is 8.07. The summed E-state index contributed by atoms with van der Waals surface area (Å²) in [6.07, 6.45) is 0. The van der Waals surface area contributed by atoms with Gasteiger partial charge in [-0.1, -0.05) is 50.2 Å². The van der Waals surface area contributed by atoms with E-state index in [1.54, 1.807) is 31.2 Å². The maximum Gasteiger partial charge on any atom is 0.296 e. The van der Waals surface area contributed by atoms with Crippen molar-refractivity contribution in [1.29, 1.82) is 0 Å². The average molecular weight is 520 g/mol. The molecule has 0 atom stereocenters. The van der Waals surface area contributed by atoms with E-state index in [1.165, 1.54) is 6.07 Å². The molecule has 4 aromatic carbocycles. The van der Waals surface area contributed by atoms with Crippen LogP contribution in [0.3, 0.4) is 0 Å². The molecule has 4 N–H and O–H groups in total. The van der Waals surface area contributed by atoms with E-state index in [0.717, 1.165) is 11.1 Å². The highest BCUT2D eigenvalue weighted by atomic mass is 32.2. The van der Waals surface area contributed by atoms with E-state index < -0.39 is 15.0 Å². The molecule has 0 amide bonds. The van der Waals surface area contributed by atoms with Gasteiger partial charge in [0.15, 0.2) is 5.75 Å². The summed E-state index contributed by atoms with van der Waals surface area (Å²) in [7, 11) is -4.71. The Morgan fingerprint density at radius 1 is 0.730 bits per heavy atom. The number of anilines is 1. The molecule has 0 aromatic heterocycles. The fourth-order valence-electron chi connectivity index (χ4n) is 3.66. The maximum absolute atomic E-state index is 12.2. The molecular formula is C27H29N5O4S. The molecule has 0 aliphatic carbocycles. The fraction of sp³-hybridized carbons (Fsp3) is 0.185. The molecule has 37 heavy (non-hydrogen) atoms. The molecule has 0 saturated carbocycles. The van der Waals surface area contributed by atoms with E-state index in [0.29, 0.717) is 16.9 Å². The van der Waals surface area contributed by atoms with E-state index in [-0.39, 0.29) is 33.6 Å². The lowest BCUT2D eigenvalue weighted by Gasteiger charge is -2.13. The first-order valence-electron chi connectivity index (χ1n) is 11.6. The van der Waals surface area contributed by atoms with Crippen molar-refractivity contribution in [3.8, 4) is 5.75 Å². The minimum Gasteiger partial charge on any atom is -0.505 e. The highest BCUT2D eigenvalue weighted by Crippen LogP contribution is 2.47. The van der Waals surface area contributed by atoms with Crippen LogP contribution < -0.4 is 5.73 Å². The van der Waals surface area contributed by atoms with Crippen LogP contribution in [0.2, 0.25) is 0 Å². The summed E-state index contributed by atoms with van der Waals surface area (Å²) in [5, 5.41) is 28.1. The summed E-state index contributed by atoms with van der Waals surface area (Å²) in [6.45, 7) is 9.41. The van der Waals surface area contributed by atoms with Crippen LogP contribution >= 0.6 is 0 Å². The van der Waals surface area contributed by atoms with Gasteiger partial charge in [-0.25, -0.2) is 0 Å². The van der Waals surface area contributed by atoms with Gasteiger partial charge in [0.1, 0.15) is 16.3 Å². The Balaban J connectivity index is 0.00000186. The number of aromatic hydroxyl groups is 1. The molecule has 192 valence electrons. The number of aryl methyl sites for hydroxylation is 3. The van der Waals surface area contributed by atoms with Crippen molar-refractivity contribution >= 4 is 49.3 Å². The Labute approximate surface area is 216 Å². The minimum absolute atomic E-state index is 0.125. The van der Waals surface area contributed by atoms with Crippen molar-refractivity contribution in [3.05, 3.63) is 77.4 Å². The summed E-state index contributed by atoms with van der Waals surface area (Å²) in [4.78, 5) is -0.520.